The Bertz CT molecular complexity index is 470. The van der Waals surface area contributed by atoms with Crippen LogP contribution < -0.4 is 5.73 Å². The predicted octanol–water partition coefficient (Wildman–Crippen LogP) is 2.16. The number of nitrogens with zero attached hydrogens (tertiary/aromatic N) is 1. The van der Waals surface area contributed by atoms with Crippen LogP contribution in [0.15, 0.2) is 22.7 Å². The number of aromatic nitrogens is 1. The van der Waals surface area contributed by atoms with Gasteiger partial charge < -0.3 is 10.3 Å². The third-order valence-electron chi connectivity index (χ3n) is 2.06. The van der Waals surface area contributed by atoms with Crippen LogP contribution in [0, 0.1) is 5.82 Å². The fraction of sp³-hybridized carbons (Fsp3) is 0.300. The van der Waals surface area contributed by atoms with Gasteiger partial charge in [-0.3, -0.25) is 0 Å². The van der Waals surface area contributed by atoms with Gasteiger partial charge in [0.25, 0.3) is 0 Å². The summed E-state index contributed by atoms with van der Waals surface area (Å²) in [7, 11) is 0. The molecular formula is C10H11FN2O. The molecule has 0 aliphatic rings. The number of para-hydroxylation sites is 1. The SMILES string of the molecule is CC(C)(N)c1noc2c(F)cccc12. The number of nitrogens with two attached hydrogens (primary N) is 1. The van der Waals surface area contributed by atoms with E-state index in [1.807, 2.05) is 0 Å². The molecular weight excluding hydrogens is 183 g/mol. The van der Waals surface area contributed by atoms with Crippen molar-refractivity contribution in [3.05, 3.63) is 29.7 Å². The first kappa shape index (κ1) is 9.15. The van der Waals surface area contributed by atoms with Gasteiger partial charge in [-0.05, 0) is 26.0 Å². The molecule has 0 fully saturated rings. The number of hydrogen-bond donors (Lipinski definition) is 1. The molecule has 0 radical (unpaired) electrons. The molecule has 2 rings (SSSR count). The standard InChI is InChI=1S/C10H11FN2O/c1-10(2,12)9-6-4-3-5-7(11)8(6)14-13-9/h3-5H,12H2,1-2H3. The summed E-state index contributed by atoms with van der Waals surface area (Å²) >= 11 is 0. The Kier molecular flexibility index (Phi) is 1.82. The minimum atomic E-state index is -0.626. The lowest BCUT2D eigenvalue weighted by molar-refractivity contribution is 0.404. The summed E-state index contributed by atoms with van der Waals surface area (Å²) < 4.78 is 18.1. The highest BCUT2D eigenvalue weighted by Crippen LogP contribution is 2.27. The summed E-state index contributed by atoms with van der Waals surface area (Å²) in [5, 5.41) is 4.42. The van der Waals surface area contributed by atoms with E-state index >= 15 is 0 Å². The van der Waals surface area contributed by atoms with Gasteiger partial charge in [0.1, 0.15) is 5.69 Å². The molecule has 4 heteroatoms. The van der Waals surface area contributed by atoms with Crippen molar-refractivity contribution in [1.29, 1.82) is 0 Å². The molecule has 74 valence electrons. The van der Waals surface area contributed by atoms with Crippen LogP contribution >= 0.6 is 0 Å². The summed E-state index contributed by atoms with van der Waals surface area (Å²) in [4.78, 5) is 0. The van der Waals surface area contributed by atoms with E-state index in [-0.39, 0.29) is 5.58 Å². The maximum Gasteiger partial charge on any atom is 0.202 e. The van der Waals surface area contributed by atoms with Crippen LogP contribution in [0.4, 0.5) is 4.39 Å². The van der Waals surface area contributed by atoms with E-state index in [4.69, 9.17) is 10.3 Å². The van der Waals surface area contributed by atoms with Crippen molar-refractivity contribution in [1.82, 2.24) is 5.16 Å². The molecule has 2 N–H and O–H groups in total. The second-order valence-corrected chi connectivity index (χ2v) is 3.87. The van der Waals surface area contributed by atoms with Gasteiger partial charge in [0, 0.05) is 5.39 Å². The van der Waals surface area contributed by atoms with Crippen LogP contribution in [0.5, 0.6) is 0 Å². The van der Waals surface area contributed by atoms with Gasteiger partial charge in [-0.1, -0.05) is 11.2 Å². The summed E-state index contributed by atoms with van der Waals surface area (Å²) in [5.41, 5.74) is 5.99. The largest absolute Gasteiger partial charge is 0.353 e. The van der Waals surface area contributed by atoms with Crippen molar-refractivity contribution in [2.24, 2.45) is 5.73 Å². The van der Waals surface area contributed by atoms with Gasteiger partial charge in [0.2, 0.25) is 5.58 Å². The Labute approximate surface area is 80.7 Å². The quantitative estimate of drug-likeness (QED) is 0.756. The highest BCUT2D eigenvalue weighted by atomic mass is 19.1. The first-order chi connectivity index (χ1) is 6.50. The van der Waals surface area contributed by atoms with Crippen molar-refractivity contribution in [2.45, 2.75) is 19.4 Å². The Hall–Kier alpha value is -1.42. The fourth-order valence-corrected chi connectivity index (χ4v) is 1.39. The minimum absolute atomic E-state index is 0.168. The third-order valence-corrected chi connectivity index (χ3v) is 2.06. The molecule has 14 heavy (non-hydrogen) atoms. The van der Waals surface area contributed by atoms with Crippen molar-refractivity contribution >= 4 is 11.0 Å². The average molecular weight is 194 g/mol. The van der Waals surface area contributed by atoms with Gasteiger partial charge in [-0.25, -0.2) is 4.39 Å². The number of hydrogen-bond acceptors (Lipinski definition) is 3. The molecule has 0 saturated carbocycles. The van der Waals surface area contributed by atoms with Gasteiger partial charge in [-0.15, -0.1) is 0 Å². The summed E-state index contributed by atoms with van der Waals surface area (Å²) in [6, 6.07) is 4.70. The number of halogens is 1. The molecule has 0 aliphatic carbocycles. The van der Waals surface area contributed by atoms with Gasteiger partial charge in [-0.2, -0.15) is 0 Å². The first-order valence-corrected chi connectivity index (χ1v) is 4.33. The maximum absolute atomic E-state index is 13.2. The van der Waals surface area contributed by atoms with E-state index in [1.165, 1.54) is 6.07 Å². The van der Waals surface area contributed by atoms with E-state index in [0.717, 1.165) is 0 Å². The lowest BCUT2D eigenvalue weighted by Crippen LogP contribution is -2.29. The monoisotopic (exact) mass is 194 g/mol. The van der Waals surface area contributed by atoms with E-state index < -0.39 is 11.4 Å². The first-order valence-electron chi connectivity index (χ1n) is 4.33. The molecule has 0 aliphatic heterocycles. The maximum atomic E-state index is 13.2. The lowest BCUT2D eigenvalue weighted by Gasteiger charge is -2.14. The smallest absolute Gasteiger partial charge is 0.202 e. The van der Waals surface area contributed by atoms with E-state index in [0.29, 0.717) is 11.1 Å². The topological polar surface area (TPSA) is 52.0 Å². The molecule has 0 saturated heterocycles. The summed E-state index contributed by atoms with van der Waals surface area (Å²) in [5.74, 6) is -0.412. The number of rotatable bonds is 1. The molecule has 1 aromatic carbocycles. The van der Waals surface area contributed by atoms with E-state index in [1.54, 1.807) is 26.0 Å². The van der Waals surface area contributed by atoms with Crippen molar-refractivity contribution < 1.29 is 8.91 Å². The molecule has 0 bridgehead atoms. The van der Waals surface area contributed by atoms with Crippen LogP contribution in [0.1, 0.15) is 19.5 Å². The van der Waals surface area contributed by atoms with Gasteiger partial charge in [0.15, 0.2) is 5.82 Å². The fourth-order valence-electron chi connectivity index (χ4n) is 1.39. The molecule has 0 spiro atoms. The summed E-state index contributed by atoms with van der Waals surface area (Å²) in [6.45, 7) is 3.60. The molecule has 0 atom stereocenters. The number of fused-ring (bicyclic) bond motifs is 1. The number of benzene rings is 1. The summed E-state index contributed by atoms with van der Waals surface area (Å²) in [6.07, 6.45) is 0. The molecule has 0 unspecified atom stereocenters. The van der Waals surface area contributed by atoms with Gasteiger partial charge in [0.05, 0.1) is 5.54 Å². The average Bonchev–Trinajstić information content (AvgIpc) is 2.47. The predicted molar refractivity (Wildman–Crippen MR) is 51.2 cm³/mol. The zero-order valence-electron chi connectivity index (χ0n) is 8.04. The molecule has 0 amide bonds. The highest BCUT2D eigenvalue weighted by molar-refractivity contribution is 5.80. The molecule has 1 aromatic heterocycles. The Morgan fingerprint density at radius 2 is 2.14 bits per heavy atom. The van der Waals surface area contributed by atoms with E-state index in [9.17, 15) is 4.39 Å². The Morgan fingerprint density at radius 3 is 2.79 bits per heavy atom. The molecule has 2 aromatic rings. The normalized spacial score (nSPS) is 12.3. The zero-order chi connectivity index (χ0) is 10.3. The van der Waals surface area contributed by atoms with Crippen molar-refractivity contribution in [3.63, 3.8) is 0 Å². The van der Waals surface area contributed by atoms with Crippen LogP contribution in [-0.4, -0.2) is 5.16 Å². The molecule has 1 heterocycles. The van der Waals surface area contributed by atoms with Crippen molar-refractivity contribution in [2.75, 3.05) is 0 Å². The minimum Gasteiger partial charge on any atom is -0.353 e. The van der Waals surface area contributed by atoms with Crippen LogP contribution in [-0.2, 0) is 5.54 Å². The Morgan fingerprint density at radius 1 is 1.43 bits per heavy atom. The van der Waals surface area contributed by atoms with Crippen LogP contribution in [0.2, 0.25) is 0 Å². The van der Waals surface area contributed by atoms with Crippen LogP contribution in [0.3, 0.4) is 0 Å². The zero-order valence-corrected chi connectivity index (χ0v) is 8.04. The lowest BCUT2D eigenvalue weighted by atomic mass is 9.99. The Balaban J connectivity index is 2.76. The van der Waals surface area contributed by atoms with Crippen molar-refractivity contribution in [3.8, 4) is 0 Å². The van der Waals surface area contributed by atoms with E-state index in [2.05, 4.69) is 5.16 Å². The third kappa shape index (κ3) is 1.28. The second-order valence-electron chi connectivity index (χ2n) is 3.87. The second kappa shape index (κ2) is 2.78. The molecule has 3 nitrogen and oxygen atoms in total. The highest BCUT2D eigenvalue weighted by Gasteiger charge is 2.23. The van der Waals surface area contributed by atoms with Crippen LogP contribution in [0.25, 0.3) is 11.0 Å². The van der Waals surface area contributed by atoms with Gasteiger partial charge >= 0.3 is 0 Å².